The first-order valence-electron chi connectivity index (χ1n) is 7.26. The molecule has 24 heavy (non-hydrogen) atoms. The highest BCUT2D eigenvalue weighted by atomic mass is 79.9. The molecule has 0 aliphatic carbocycles. The maximum Gasteiger partial charge on any atom is 0.311 e. The number of aromatic nitrogens is 1. The van der Waals surface area contributed by atoms with Crippen molar-refractivity contribution >= 4 is 38.6 Å². The van der Waals surface area contributed by atoms with E-state index in [1.54, 1.807) is 37.4 Å². The highest BCUT2D eigenvalue weighted by Crippen LogP contribution is 2.30. The third-order valence-electron chi connectivity index (χ3n) is 3.56. The van der Waals surface area contributed by atoms with Gasteiger partial charge in [-0.05, 0) is 58.2 Å². The number of nitrogens with zero attached hydrogens (tertiary/aromatic N) is 1. The lowest BCUT2D eigenvalue weighted by Gasteiger charge is -2.03. The first-order chi connectivity index (χ1) is 11.5. The highest BCUT2D eigenvalue weighted by Gasteiger charge is 2.20. The lowest BCUT2D eigenvalue weighted by molar-refractivity contribution is 0.0992. The zero-order chi connectivity index (χ0) is 17.3. The summed E-state index contributed by atoms with van der Waals surface area (Å²) in [6.45, 7) is 1.84. The zero-order valence-electron chi connectivity index (χ0n) is 13.0. The average Bonchev–Trinajstić information content (AvgIpc) is 3.05. The van der Waals surface area contributed by atoms with Crippen LogP contribution in [-0.2, 0) is 6.42 Å². The van der Waals surface area contributed by atoms with Gasteiger partial charge in [-0.2, -0.15) is 0 Å². The molecule has 0 saturated carbocycles. The normalized spacial score (nSPS) is 10.8. The largest absolute Gasteiger partial charge is 0.497 e. The number of halogens is 2. The third kappa shape index (κ3) is 2.99. The summed E-state index contributed by atoms with van der Waals surface area (Å²) in [6.07, 6.45) is 0.514. The topological polar surface area (TPSA) is 64.4 Å². The number of methoxy groups -OCH3 is 1. The van der Waals surface area contributed by atoms with Crippen LogP contribution in [0.5, 0.6) is 5.75 Å². The molecule has 0 radical (unpaired) electrons. The summed E-state index contributed by atoms with van der Waals surface area (Å²) in [4.78, 5) is 16.3. The van der Waals surface area contributed by atoms with Gasteiger partial charge < -0.3 is 14.5 Å². The van der Waals surface area contributed by atoms with E-state index >= 15 is 0 Å². The van der Waals surface area contributed by atoms with E-state index in [9.17, 15) is 9.18 Å². The summed E-state index contributed by atoms with van der Waals surface area (Å²) < 4.78 is 25.4. The third-order valence-corrected chi connectivity index (χ3v) is 4.15. The number of carbonyl (C=O) groups excluding carboxylic acids is 1. The fraction of sp³-hybridized carbons (Fsp3) is 0.176. The molecule has 0 bridgehead atoms. The van der Waals surface area contributed by atoms with Crippen molar-refractivity contribution in [3.05, 3.63) is 52.1 Å². The van der Waals surface area contributed by atoms with Crippen LogP contribution in [0.15, 0.2) is 39.2 Å². The van der Waals surface area contributed by atoms with Crippen LogP contribution in [0.2, 0.25) is 0 Å². The standard InChI is InChI=1S/C17H14BrFN2O3/c1-3-9-8-12(18)15-14(13(9)19)21-17(24-15)16(22)20-10-4-6-11(23-2)7-5-10/h4-8H,3H2,1-2H3,(H,20,22). The van der Waals surface area contributed by atoms with Gasteiger partial charge in [-0.25, -0.2) is 9.37 Å². The number of carbonyl (C=O) groups is 1. The van der Waals surface area contributed by atoms with Gasteiger partial charge in [-0.1, -0.05) is 6.92 Å². The minimum absolute atomic E-state index is 0.0427. The number of nitrogens with one attached hydrogen (secondary N) is 1. The second kappa shape index (κ2) is 6.60. The van der Waals surface area contributed by atoms with E-state index in [4.69, 9.17) is 9.15 Å². The van der Waals surface area contributed by atoms with Gasteiger partial charge in [0.25, 0.3) is 5.89 Å². The van der Waals surface area contributed by atoms with E-state index in [2.05, 4.69) is 26.2 Å². The highest BCUT2D eigenvalue weighted by molar-refractivity contribution is 9.10. The van der Waals surface area contributed by atoms with Gasteiger partial charge in [0, 0.05) is 5.69 Å². The molecule has 0 spiro atoms. The van der Waals surface area contributed by atoms with Crippen LogP contribution in [0.1, 0.15) is 23.2 Å². The van der Waals surface area contributed by atoms with Gasteiger partial charge >= 0.3 is 5.91 Å². The smallest absolute Gasteiger partial charge is 0.311 e. The lowest BCUT2D eigenvalue weighted by Crippen LogP contribution is -2.12. The average molecular weight is 393 g/mol. The number of fused-ring (bicyclic) bond motifs is 1. The number of oxazole rings is 1. The van der Waals surface area contributed by atoms with Crippen LogP contribution in [0.3, 0.4) is 0 Å². The second-order valence-electron chi connectivity index (χ2n) is 5.06. The zero-order valence-corrected chi connectivity index (χ0v) is 14.6. The fourth-order valence-electron chi connectivity index (χ4n) is 2.28. The molecule has 0 atom stereocenters. The summed E-state index contributed by atoms with van der Waals surface area (Å²) in [7, 11) is 1.56. The number of hydrogen-bond acceptors (Lipinski definition) is 4. The summed E-state index contributed by atoms with van der Waals surface area (Å²) in [5.74, 6) is -0.551. The molecule has 0 aliphatic rings. The Morgan fingerprint density at radius 1 is 1.38 bits per heavy atom. The maximum absolute atomic E-state index is 14.3. The van der Waals surface area contributed by atoms with Gasteiger partial charge in [-0.3, -0.25) is 4.79 Å². The lowest BCUT2D eigenvalue weighted by atomic mass is 10.1. The molecule has 0 saturated heterocycles. The van der Waals surface area contributed by atoms with Gasteiger partial charge in [0.2, 0.25) is 0 Å². The molecule has 3 aromatic rings. The molecule has 7 heteroatoms. The molecular formula is C17H14BrFN2O3. The van der Waals surface area contributed by atoms with Crippen molar-refractivity contribution in [2.24, 2.45) is 0 Å². The number of hydrogen-bond donors (Lipinski definition) is 1. The predicted molar refractivity (Wildman–Crippen MR) is 92.0 cm³/mol. The van der Waals surface area contributed by atoms with Crippen molar-refractivity contribution < 1.29 is 18.3 Å². The van der Waals surface area contributed by atoms with Crippen molar-refractivity contribution in [3.8, 4) is 5.75 Å². The number of anilines is 1. The molecule has 0 aliphatic heterocycles. The predicted octanol–water partition coefficient (Wildman–Crippen LogP) is 4.55. The van der Waals surface area contributed by atoms with Gasteiger partial charge in [0.05, 0.1) is 11.6 Å². The summed E-state index contributed by atoms with van der Waals surface area (Å²) in [6, 6.07) is 8.43. The van der Waals surface area contributed by atoms with Crippen LogP contribution in [0.4, 0.5) is 10.1 Å². The molecule has 124 valence electrons. The first-order valence-corrected chi connectivity index (χ1v) is 8.05. The minimum Gasteiger partial charge on any atom is -0.497 e. The minimum atomic E-state index is -0.555. The number of amides is 1. The number of ether oxygens (including phenoxy) is 1. The molecule has 2 aromatic carbocycles. The second-order valence-corrected chi connectivity index (χ2v) is 5.92. The van der Waals surface area contributed by atoms with Crippen LogP contribution < -0.4 is 10.1 Å². The molecule has 1 N–H and O–H groups in total. The fourth-order valence-corrected chi connectivity index (χ4v) is 2.82. The van der Waals surface area contributed by atoms with Gasteiger partial charge in [0.1, 0.15) is 11.3 Å². The van der Waals surface area contributed by atoms with E-state index in [-0.39, 0.29) is 17.0 Å². The number of aryl methyl sites for hydroxylation is 1. The monoisotopic (exact) mass is 392 g/mol. The Bertz CT molecular complexity index is 906. The molecule has 3 rings (SSSR count). The van der Waals surface area contributed by atoms with Crippen LogP contribution in [0, 0.1) is 5.82 Å². The van der Waals surface area contributed by atoms with Crippen molar-refractivity contribution in [1.82, 2.24) is 4.98 Å². The summed E-state index contributed by atoms with van der Waals surface area (Å²) >= 11 is 3.32. The van der Waals surface area contributed by atoms with E-state index in [1.165, 1.54) is 0 Å². The Hall–Kier alpha value is -2.41. The molecule has 0 unspecified atom stereocenters. The van der Waals surface area contributed by atoms with E-state index < -0.39 is 11.7 Å². The quantitative estimate of drug-likeness (QED) is 0.706. The Morgan fingerprint density at radius 2 is 2.08 bits per heavy atom. The SMILES string of the molecule is CCc1cc(Br)c2oc(C(=O)Nc3ccc(OC)cc3)nc2c1F. The van der Waals surface area contributed by atoms with Crippen molar-refractivity contribution in [3.63, 3.8) is 0 Å². The Labute approximate surface area is 146 Å². The molecule has 5 nitrogen and oxygen atoms in total. The van der Waals surface area contributed by atoms with E-state index in [0.29, 0.717) is 27.9 Å². The number of rotatable bonds is 4. The Kier molecular flexibility index (Phi) is 4.53. The number of benzene rings is 2. The van der Waals surface area contributed by atoms with E-state index in [1.807, 2.05) is 6.92 Å². The van der Waals surface area contributed by atoms with Crippen molar-refractivity contribution in [1.29, 1.82) is 0 Å². The molecule has 1 amide bonds. The van der Waals surface area contributed by atoms with Gasteiger partial charge in [-0.15, -0.1) is 0 Å². The maximum atomic E-state index is 14.3. The Morgan fingerprint density at radius 3 is 2.71 bits per heavy atom. The summed E-state index contributed by atoms with van der Waals surface area (Å²) in [5.41, 5.74) is 1.31. The van der Waals surface area contributed by atoms with Crippen molar-refractivity contribution in [2.45, 2.75) is 13.3 Å². The van der Waals surface area contributed by atoms with Gasteiger partial charge in [0.15, 0.2) is 11.4 Å². The van der Waals surface area contributed by atoms with Crippen LogP contribution in [0.25, 0.3) is 11.1 Å². The molecule has 1 aromatic heterocycles. The van der Waals surface area contributed by atoms with Crippen LogP contribution in [-0.4, -0.2) is 18.0 Å². The first kappa shape index (κ1) is 16.4. The molecule has 0 fully saturated rings. The van der Waals surface area contributed by atoms with Crippen molar-refractivity contribution in [2.75, 3.05) is 12.4 Å². The van der Waals surface area contributed by atoms with E-state index in [0.717, 1.165) is 0 Å². The summed E-state index contributed by atoms with van der Waals surface area (Å²) in [5, 5.41) is 2.65. The molecular weight excluding hydrogens is 379 g/mol. The molecule has 1 heterocycles. The van der Waals surface area contributed by atoms with Crippen LogP contribution >= 0.6 is 15.9 Å². The Balaban J connectivity index is 1.92.